The molecule has 0 heterocycles. The third-order valence-electron chi connectivity index (χ3n) is 2.93. The fraction of sp³-hybridized carbons (Fsp3) is 0.800. The van der Waals surface area contributed by atoms with Gasteiger partial charge in [0.15, 0.2) is 0 Å². The molecule has 0 spiro atoms. The first-order valence-electron chi connectivity index (χ1n) is 5.27. The number of rotatable bonds is 2. The van der Waals surface area contributed by atoms with E-state index in [9.17, 15) is 4.79 Å². The van der Waals surface area contributed by atoms with E-state index in [4.69, 9.17) is 18.0 Å². The summed E-state index contributed by atoms with van der Waals surface area (Å²) in [6, 6.07) is -0.121. The molecule has 0 aromatic heterocycles. The fourth-order valence-electron chi connectivity index (χ4n) is 1.90. The molecule has 0 saturated heterocycles. The summed E-state index contributed by atoms with van der Waals surface area (Å²) in [5.74, 6) is 0. The van der Waals surface area contributed by atoms with Crippen LogP contribution in [-0.4, -0.2) is 35.6 Å². The molecular formula is C10H19N3OS. The van der Waals surface area contributed by atoms with Crippen molar-refractivity contribution in [2.24, 2.45) is 5.73 Å². The molecular weight excluding hydrogens is 210 g/mol. The lowest BCUT2D eigenvalue weighted by Crippen LogP contribution is -2.59. The van der Waals surface area contributed by atoms with E-state index in [0.29, 0.717) is 4.99 Å². The summed E-state index contributed by atoms with van der Waals surface area (Å²) in [7, 11) is 3.43. The van der Waals surface area contributed by atoms with Gasteiger partial charge in [0.2, 0.25) is 0 Å². The average Bonchev–Trinajstić information content (AvgIpc) is 2.18. The monoisotopic (exact) mass is 229 g/mol. The van der Waals surface area contributed by atoms with Gasteiger partial charge in [-0.15, -0.1) is 0 Å². The van der Waals surface area contributed by atoms with E-state index in [2.05, 4.69) is 5.32 Å². The maximum atomic E-state index is 11.6. The summed E-state index contributed by atoms with van der Waals surface area (Å²) in [6.45, 7) is 0. The molecule has 0 unspecified atom stereocenters. The van der Waals surface area contributed by atoms with Crippen LogP contribution in [0.15, 0.2) is 0 Å². The third kappa shape index (κ3) is 2.81. The Morgan fingerprint density at radius 3 is 2.27 bits per heavy atom. The Labute approximate surface area is 96.2 Å². The Bertz CT molecular complexity index is 259. The molecule has 0 atom stereocenters. The van der Waals surface area contributed by atoms with Crippen molar-refractivity contribution in [3.8, 4) is 0 Å². The van der Waals surface area contributed by atoms with Crippen molar-refractivity contribution in [3.63, 3.8) is 0 Å². The number of hydrogen-bond donors (Lipinski definition) is 2. The van der Waals surface area contributed by atoms with E-state index in [1.54, 1.807) is 14.1 Å². The zero-order valence-electron chi connectivity index (χ0n) is 9.38. The molecule has 3 N–H and O–H groups in total. The minimum absolute atomic E-state index is 0.121. The normalized spacial score (nSPS) is 19.3. The van der Waals surface area contributed by atoms with Gasteiger partial charge in [0.05, 0.1) is 10.5 Å². The highest BCUT2D eigenvalue weighted by Crippen LogP contribution is 2.28. The Morgan fingerprint density at radius 1 is 1.33 bits per heavy atom. The molecule has 2 amide bonds. The van der Waals surface area contributed by atoms with Crippen LogP contribution in [0.3, 0.4) is 0 Å². The third-order valence-corrected chi connectivity index (χ3v) is 3.32. The number of nitrogens with zero attached hydrogens (tertiary/aromatic N) is 1. The number of carbonyl (C=O) groups excluding carboxylic acids is 1. The predicted octanol–water partition coefficient (Wildman–Crippen LogP) is 1.25. The minimum Gasteiger partial charge on any atom is -0.391 e. The molecule has 15 heavy (non-hydrogen) atoms. The van der Waals surface area contributed by atoms with Crippen molar-refractivity contribution in [3.05, 3.63) is 0 Å². The van der Waals surface area contributed by atoms with E-state index in [0.717, 1.165) is 25.7 Å². The van der Waals surface area contributed by atoms with Crippen LogP contribution in [-0.2, 0) is 0 Å². The number of hydrogen-bond acceptors (Lipinski definition) is 2. The second-order valence-electron chi connectivity index (χ2n) is 4.33. The standard InChI is InChI=1S/C10H19N3OS/c1-13(2)9(14)12-10(8(11)15)6-4-3-5-7-10/h3-7H2,1-2H3,(H2,11,15)(H,12,14). The van der Waals surface area contributed by atoms with Gasteiger partial charge in [0.25, 0.3) is 0 Å². The summed E-state index contributed by atoms with van der Waals surface area (Å²) in [4.78, 5) is 13.5. The number of nitrogens with two attached hydrogens (primary N) is 1. The lowest BCUT2D eigenvalue weighted by Gasteiger charge is -2.37. The van der Waals surface area contributed by atoms with Gasteiger partial charge in [0.1, 0.15) is 0 Å². The molecule has 5 heteroatoms. The maximum absolute atomic E-state index is 11.6. The average molecular weight is 229 g/mol. The molecule has 0 aromatic rings. The molecule has 4 nitrogen and oxygen atoms in total. The van der Waals surface area contributed by atoms with Gasteiger partial charge in [-0.05, 0) is 12.8 Å². The molecule has 1 aliphatic rings. The lowest BCUT2D eigenvalue weighted by atomic mass is 9.81. The second kappa shape index (κ2) is 4.79. The van der Waals surface area contributed by atoms with E-state index in [1.165, 1.54) is 11.3 Å². The maximum Gasteiger partial charge on any atom is 0.317 e. The molecule has 0 aliphatic heterocycles. The van der Waals surface area contributed by atoms with Crippen molar-refractivity contribution in [1.82, 2.24) is 10.2 Å². The van der Waals surface area contributed by atoms with Crippen LogP contribution < -0.4 is 11.1 Å². The second-order valence-corrected chi connectivity index (χ2v) is 4.77. The first-order chi connectivity index (χ1) is 6.98. The summed E-state index contributed by atoms with van der Waals surface area (Å²) in [5.41, 5.74) is 5.30. The summed E-state index contributed by atoms with van der Waals surface area (Å²) in [5, 5.41) is 2.95. The minimum atomic E-state index is -0.449. The molecule has 1 aliphatic carbocycles. The van der Waals surface area contributed by atoms with Crippen molar-refractivity contribution >= 4 is 23.2 Å². The van der Waals surface area contributed by atoms with Crippen molar-refractivity contribution < 1.29 is 4.79 Å². The van der Waals surface area contributed by atoms with Gasteiger partial charge < -0.3 is 16.0 Å². The van der Waals surface area contributed by atoms with Gasteiger partial charge in [0, 0.05) is 14.1 Å². The van der Waals surface area contributed by atoms with E-state index >= 15 is 0 Å². The topological polar surface area (TPSA) is 58.4 Å². The number of thiocarbonyl (C=S) groups is 1. The SMILES string of the molecule is CN(C)C(=O)NC1(C(N)=S)CCCCC1. The smallest absolute Gasteiger partial charge is 0.317 e. The molecule has 1 fully saturated rings. The Morgan fingerprint density at radius 2 is 1.87 bits per heavy atom. The van der Waals surface area contributed by atoms with E-state index in [1.807, 2.05) is 0 Å². The van der Waals surface area contributed by atoms with Crippen LogP contribution in [0.5, 0.6) is 0 Å². The Kier molecular flexibility index (Phi) is 3.90. The molecule has 0 aromatic carbocycles. The summed E-state index contributed by atoms with van der Waals surface area (Å²) in [6.07, 6.45) is 5.07. The molecule has 1 saturated carbocycles. The van der Waals surface area contributed by atoms with Gasteiger partial charge in [-0.25, -0.2) is 4.79 Å². The lowest BCUT2D eigenvalue weighted by molar-refractivity contribution is 0.201. The number of amides is 2. The highest BCUT2D eigenvalue weighted by molar-refractivity contribution is 7.80. The van der Waals surface area contributed by atoms with Crippen LogP contribution in [0.1, 0.15) is 32.1 Å². The molecule has 0 bridgehead atoms. The van der Waals surface area contributed by atoms with E-state index < -0.39 is 5.54 Å². The Hall–Kier alpha value is -0.840. The Balaban J connectivity index is 2.73. The van der Waals surface area contributed by atoms with Crippen LogP contribution in [0, 0.1) is 0 Å². The number of urea groups is 1. The largest absolute Gasteiger partial charge is 0.391 e. The van der Waals surface area contributed by atoms with Crippen molar-refractivity contribution in [1.29, 1.82) is 0 Å². The van der Waals surface area contributed by atoms with E-state index in [-0.39, 0.29) is 6.03 Å². The molecule has 1 rings (SSSR count). The number of nitrogens with one attached hydrogen (secondary N) is 1. The molecule has 86 valence electrons. The van der Waals surface area contributed by atoms with Crippen molar-refractivity contribution in [2.75, 3.05) is 14.1 Å². The predicted molar refractivity (Wildman–Crippen MR) is 64.8 cm³/mol. The molecule has 0 radical (unpaired) electrons. The fourth-order valence-corrected chi connectivity index (χ4v) is 2.16. The first-order valence-corrected chi connectivity index (χ1v) is 5.68. The first kappa shape index (κ1) is 12.2. The quantitative estimate of drug-likeness (QED) is 0.701. The highest BCUT2D eigenvalue weighted by Gasteiger charge is 2.36. The summed E-state index contributed by atoms with van der Waals surface area (Å²) >= 11 is 5.08. The zero-order valence-corrected chi connectivity index (χ0v) is 10.2. The van der Waals surface area contributed by atoms with Gasteiger partial charge in [-0.1, -0.05) is 31.5 Å². The van der Waals surface area contributed by atoms with Gasteiger partial charge in [-0.3, -0.25) is 0 Å². The summed E-state index contributed by atoms with van der Waals surface area (Å²) < 4.78 is 0. The van der Waals surface area contributed by atoms with Gasteiger partial charge in [-0.2, -0.15) is 0 Å². The highest BCUT2D eigenvalue weighted by atomic mass is 32.1. The van der Waals surface area contributed by atoms with Crippen LogP contribution in [0.4, 0.5) is 4.79 Å². The zero-order chi connectivity index (χ0) is 11.5. The van der Waals surface area contributed by atoms with Crippen LogP contribution in [0.25, 0.3) is 0 Å². The van der Waals surface area contributed by atoms with Crippen molar-refractivity contribution in [2.45, 2.75) is 37.6 Å². The van der Waals surface area contributed by atoms with Gasteiger partial charge >= 0.3 is 6.03 Å². The number of carbonyl (C=O) groups is 1. The van der Waals surface area contributed by atoms with Crippen LogP contribution in [0.2, 0.25) is 0 Å². The van der Waals surface area contributed by atoms with Crippen LogP contribution >= 0.6 is 12.2 Å².